The van der Waals surface area contributed by atoms with E-state index < -0.39 is 6.10 Å². The number of amides is 1. The summed E-state index contributed by atoms with van der Waals surface area (Å²) in [5.41, 5.74) is 1.90. The summed E-state index contributed by atoms with van der Waals surface area (Å²) in [6.45, 7) is 6.17. The van der Waals surface area contributed by atoms with Crippen LogP contribution in [-0.4, -0.2) is 48.1 Å². The van der Waals surface area contributed by atoms with E-state index in [1.807, 2.05) is 42.2 Å². The molecule has 0 aliphatic carbocycles. The highest BCUT2D eigenvalue weighted by atomic mass is 19.1. The quantitative estimate of drug-likeness (QED) is 0.848. The molecular formula is C21H26FN3O2. The van der Waals surface area contributed by atoms with Gasteiger partial charge in [-0.2, -0.15) is 0 Å². The molecule has 1 aliphatic rings. The monoisotopic (exact) mass is 371 g/mol. The van der Waals surface area contributed by atoms with Gasteiger partial charge in [0.2, 0.25) is 5.91 Å². The van der Waals surface area contributed by atoms with E-state index in [0.717, 1.165) is 5.69 Å². The maximum Gasteiger partial charge on any atom is 0.241 e. The smallest absolute Gasteiger partial charge is 0.241 e. The first-order valence-corrected chi connectivity index (χ1v) is 9.28. The van der Waals surface area contributed by atoms with Gasteiger partial charge in [0.1, 0.15) is 5.82 Å². The van der Waals surface area contributed by atoms with Crippen molar-refractivity contribution in [1.82, 2.24) is 4.90 Å². The fourth-order valence-electron chi connectivity index (χ4n) is 3.32. The van der Waals surface area contributed by atoms with E-state index >= 15 is 0 Å². The van der Waals surface area contributed by atoms with Crippen LogP contribution >= 0.6 is 0 Å². The number of nitrogens with zero attached hydrogens (tertiary/aromatic N) is 2. The molecule has 2 aromatic carbocycles. The molecule has 2 unspecified atom stereocenters. The molecule has 0 saturated carbocycles. The molecule has 5 nitrogen and oxygen atoms in total. The molecule has 1 saturated heterocycles. The highest BCUT2D eigenvalue weighted by Crippen LogP contribution is 2.25. The number of anilines is 2. The number of aliphatic hydroxyl groups excluding tert-OH is 1. The van der Waals surface area contributed by atoms with Gasteiger partial charge in [-0.15, -0.1) is 0 Å². The van der Waals surface area contributed by atoms with Crippen molar-refractivity contribution in [2.75, 3.05) is 36.4 Å². The van der Waals surface area contributed by atoms with Crippen LogP contribution in [0.5, 0.6) is 0 Å². The van der Waals surface area contributed by atoms with Crippen LogP contribution in [-0.2, 0) is 4.79 Å². The number of halogens is 1. The number of aliphatic hydroxyl groups is 1. The predicted molar refractivity (Wildman–Crippen MR) is 105 cm³/mol. The van der Waals surface area contributed by atoms with Crippen LogP contribution in [0.15, 0.2) is 48.5 Å². The highest BCUT2D eigenvalue weighted by Gasteiger charge is 2.26. The lowest BCUT2D eigenvalue weighted by Gasteiger charge is -2.38. The molecule has 2 atom stereocenters. The fraction of sp³-hybridized carbons (Fsp3) is 0.381. The standard InChI is InChI=1S/C21H26FN3O2/c1-15(21(27)23-18-6-4-3-5-7-18)24-10-12-25(13-11-24)20-9-8-17(16(2)26)14-19(20)22/h3-9,14-16,26H,10-13H2,1-2H3,(H,23,27). The third-order valence-corrected chi connectivity index (χ3v) is 5.08. The van der Waals surface area contributed by atoms with Crippen LogP contribution < -0.4 is 10.2 Å². The molecule has 27 heavy (non-hydrogen) atoms. The van der Waals surface area contributed by atoms with E-state index in [0.29, 0.717) is 37.4 Å². The van der Waals surface area contributed by atoms with Gasteiger partial charge in [0.15, 0.2) is 0 Å². The average molecular weight is 371 g/mol. The molecule has 1 aliphatic heterocycles. The van der Waals surface area contributed by atoms with Crippen LogP contribution in [0.3, 0.4) is 0 Å². The van der Waals surface area contributed by atoms with Gasteiger partial charge in [0.25, 0.3) is 0 Å². The van der Waals surface area contributed by atoms with E-state index in [9.17, 15) is 14.3 Å². The first kappa shape index (κ1) is 19.3. The summed E-state index contributed by atoms with van der Waals surface area (Å²) >= 11 is 0. The predicted octanol–water partition coefficient (Wildman–Crippen LogP) is 3.03. The van der Waals surface area contributed by atoms with Crippen LogP contribution in [0, 0.1) is 5.82 Å². The van der Waals surface area contributed by atoms with Crippen LogP contribution in [0.2, 0.25) is 0 Å². The molecule has 1 amide bonds. The molecule has 1 heterocycles. The van der Waals surface area contributed by atoms with Crippen molar-refractivity contribution in [2.45, 2.75) is 26.0 Å². The third kappa shape index (κ3) is 4.64. The summed E-state index contributed by atoms with van der Waals surface area (Å²) in [7, 11) is 0. The number of carbonyl (C=O) groups is 1. The third-order valence-electron chi connectivity index (χ3n) is 5.08. The van der Waals surface area contributed by atoms with Crippen molar-refractivity contribution in [3.05, 3.63) is 59.9 Å². The Kier molecular flexibility index (Phi) is 6.08. The topological polar surface area (TPSA) is 55.8 Å². The van der Waals surface area contributed by atoms with Crippen molar-refractivity contribution in [1.29, 1.82) is 0 Å². The van der Waals surface area contributed by atoms with Gasteiger partial charge in [-0.1, -0.05) is 24.3 Å². The van der Waals surface area contributed by atoms with E-state index in [4.69, 9.17) is 0 Å². The Morgan fingerprint density at radius 1 is 1.07 bits per heavy atom. The molecule has 0 bridgehead atoms. The molecule has 1 fully saturated rings. The van der Waals surface area contributed by atoms with Gasteiger partial charge < -0.3 is 15.3 Å². The maximum absolute atomic E-state index is 14.4. The van der Waals surface area contributed by atoms with E-state index in [1.165, 1.54) is 6.07 Å². The maximum atomic E-state index is 14.4. The first-order valence-electron chi connectivity index (χ1n) is 9.28. The number of para-hydroxylation sites is 1. The number of hydrogen-bond acceptors (Lipinski definition) is 4. The molecule has 0 spiro atoms. The van der Waals surface area contributed by atoms with Crippen molar-refractivity contribution in [3.8, 4) is 0 Å². The van der Waals surface area contributed by atoms with Crippen LogP contribution in [0.4, 0.5) is 15.8 Å². The summed E-state index contributed by atoms with van der Waals surface area (Å²) < 4.78 is 14.4. The number of carbonyl (C=O) groups excluding carboxylic acids is 1. The molecule has 2 aromatic rings. The van der Waals surface area contributed by atoms with Gasteiger partial charge in [-0.25, -0.2) is 4.39 Å². The van der Waals surface area contributed by atoms with E-state index in [1.54, 1.807) is 19.1 Å². The Balaban J connectivity index is 1.57. The second-order valence-electron chi connectivity index (χ2n) is 6.94. The number of rotatable bonds is 5. The van der Waals surface area contributed by atoms with E-state index in [2.05, 4.69) is 10.2 Å². The van der Waals surface area contributed by atoms with Crippen LogP contribution in [0.25, 0.3) is 0 Å². The van der Waals surface area contributed by atoms with Crippen molar-refractivity contribution < 1.29 is 14.3 Å². The lowest BCUT2D eigenvalue weighted by molar-refractivity contribution is -0.120. The minimum Gasteiger partial charge on any atom is -0.389 e. The number of piperazine rings is 1. The number of hydrogen-bond donors (Lipinski definition) is 2. The molecular weight excluding hydrogens is 345 g/mol. The minimum atomic E-state index is -0.686. The zero-order valence-electron chi connectivity index (χ0n) is 15.7. The lowest BCUT2D eigenvalue weighted by atomic mass is 10.1. The molecule has 3 rings (SSSR count). The molecule has 0 aromatic heterocycles. The summed E-state index contributed by atoms with van der Waals surface area (Å²) in [5.74, 6) is -0.362. The van der Waals surface area contributed by atoms with Gasteiger partial charge in [-0.05, 0) is 43.7 Å². The average Bonchev–Trinajstić information content (AvgIpc) is 2.68. The lowest BCUT2D eigenvalue weighted by Crippen LogP contribution is -2.53. The van der Waals surface area contributed by atoms with Crippen molar-refractivity contribution >= 4 is 17.3 Å². The Labute approximate surface area is 159 Å². The summed E-state index contributed by atoms with van der Waals surface area (Å²) in [6, 6.07) is 14.0. The van der Waals surface area contributed by atoms with Gasteiger partial charge in [-0.3, -0.25) is 9.69 Å². The largest absolute Gasteiger partial charge is 0.389 e. The summed E-state index contributed by atoms with van der Waals surface area (Å²) in [4.78, 5) is 16.6. The Bertz CT molecular complexity index is 774. The molecule has 6 heteroatoms. The zero-order valence-corrected chi connectivity index (χ0v) is 15.7. The Hall–Kier alpha value is -2.44. The second-order valence-corrected chi connectivity index (χ2v) is 6.94. The normalized spacial score (nSPS) is 17.4. The summed E-state index contributed by atoms with van der Waals surface area (Å²) in [6.07, 6.45) is -0.686. The van der Waals surface area contributed by atoms with Gasteiger partial charge in [0, 0.05) is 31.9 Å². The molecule has 2 N–H and O–H groups in total. The van der Waals surface area contributed by atoms with Gasteiger partial charge >= 0.3 is 0 Å². The SMILES string of the molecule is CC(O)c1ccc(N2CCN(C(C)C(=O)Nc3ccccc3)CC2)c(F)c1. The fourth-order valence-corrected chi connectivity index (χ4v) is 3.32. The van der Waals surface area contributed by atoms with Crippen molar-refractivity contribution in [2.24, 2.45) is 0 Å². The number of benzene rings is 2. The Morgan fingerprint density at radius 3 is 2.33 bits per heavy atom. The van der Waals surface area contributed by atoms with E-state index in [-0.39, 0.29) is 17.8 Å². The second kappa shape index (κ2) is 8.50. The Morgan fingerprint density at radius 2 is 1.74 bits per heavy atom. The summed E-state index contributed by atoms with van der Waals surface area (Å²) in [5, 5.41) is 12.5. The van der Waals surface area contributed by atoms with Gasteiger partial charge in [0.05, 0.1) is 17.8 Å². The first-order chi connectivity index (χ1) is 13.0. The number of nitrogens with one attached hydrogen (secondary N) is 1. The highest BCUT2D eigenvalue weighted by molar-refractivity contribution is 5.94. The zero-order chi connectivity index (χ0) is 19.4. The molecule has 144 valence electrons. The van der Waals surface area contributed by atoms with Crippen molar-refractivity contribution in [3.63, 3.8) is 0 Å². The van der Waals surface area contributed by atoms with Crippen LogP contribution in [0.1, 0.15) is 25.5 Å². The minimum absolute atomic E-state index is 0.0397. The molecule has 0 radical (unpaired) electrons.